The normalized spacial score (nSPS) is 17.8. The molecular weight excluding hydrogens is 288 g/mol. The molecule has 0 aromatic carbocycles. The quantitative estimate of drug-likeness (QED) is 0.939. The Kier molecular flexibility index (Phi) is 4.22. The molecule has 0 aliphatic carbocycles. The van der Waals surface area contributed by atoms with Crippen molar-refractivity contribution in [3.05, 3.63) is 29.2 Å². The molecule has 3 heterocycles. The lowest BCUT2D eigenvalue weighted by atomic mass is 9.75. The van der Waals surface area contributed by atoms with Crippen molar-refractivity contribution in [2.75, 3.05) is 13.1 Å². The molecule has 0 atom stereocenters. The standard InChI is InChI=1S/C15H19ClN4O/c1-2-5-15(6-9-17-10-7-15)14-19-13(20-21-14)12-11(16)4-3-8-18-12/h3-4,8,17H,2,5-7,9-10H2,1H3. The molecule has 2 aromatic heterocycles. The number of piperidine rings is 1. The minimum absolute atomic E-state index is 0.00743. The first-order valence-corrected chi connectivity index (χ1v) is 7.79. The number of aromatic nitrogens is 3. The summed E-state index contributed by atoms with van der Waals surface area (Å²) in [6, 6.07) is 3.57. The van der Waals surface area contributed by atoms with Crippen LogP contribution in [0.5, 0.6) is 0 Å². The molecule has 0 spiro atoms. The zero-order valence-electron chi connectivity index (χ0n) is 12.1. The first-order valence-electron chi connectivity index (χ1n) is 7.41. The third kappa shape index (κ3) is 2.80. The Balaban J connectivity index is 1.94. The van der Waals surface area contributed by atoms with Gasteiger partial charge in [0.25, 0.3) is 0 Å². The van der Waals surface area contributed by atoms with Crippen molar-refractivity contribution in [3.8, 4) is 11.5 Å². The molecule has 1 N–H and O–H groups in total. The van der Waals surface area contributed by atoms with Gasteiger partial charge in [0.15, 0.2) is 0 Å². The van der Waals surface area contributed by atoms with Crippen molar-refractivity contribution < 1.29 is 4.52 Å². The van der Waals surface area contributed by atoms with Gasteiger partial charge in [0.1, 0.15) is 5.69 Å². The summed E-state index contributed by atoms with van der Waals surface area (Å²) in [7, 11) is 0. The number of halogens is 1. The highest BCUT2D eigenvalue weighted by Gasteiger charge is 2.38. The zero-order chi connectivity index (χ0) is 14.7. The number of hydrogen-bond acceptors (Lipinski definition) is 5. The SMILES string of the molecule is CCCC1(c2nc(-c3ncccc3Cl)no2)CCNCC1. The minimum Gasteiger partial charge on any atom is -0.338 e. The molecule has 5 nitrogen and oxygen atoms in total. The van der Waals surface area contributed by atoms with Gasteiger partial charge >= 0.3 is 0 Å². The Labute approximate surface area is 129 Å². The van der Waals surface area contributed by atoms with Crippen LogP contribution in [0.15, 0.2) is 22.9 Å². The lowest BCUT2D eigenvalue weighted by molar-refractivity contribution is 0.208. The van der Waals surface area contributed by atoms with Gasteiger partial charge in [-0.25, -0.2) is 0 Å². The van der Waals surface area contributed by atoms with Gasteiger partial charge < -0.3 is 9.84 Å². The maximum atomic E-state index is 6.16. The van der Waals surface area contributed by atoms with E-state index >= 15 is 0 Å². The lowest BCUT2D eigenvalue weighted by Crippen LogP contribution is -2.40. The number of pyridine rings is 1. The predicted molar refractivity (Wildman–Crippen MR) is 81.2 cm³/mol. The van der Waals surface area contributed by atoms with Crippen LogP contribution in [-0.4, -0.2) is 28.2 Å². The second-order valence-electron chi connectivity index (χ2n) is 5.54. The Bertz CT molecular complexity index is 602. The third-order valence-electron chi connectivity index (χ3n) is 4.14. The molecule has 1 saturated heterocycles. The predicted octanol–water partition coefficient (Wildman–Crippen LogP) is 3.21. The van der Waals surface area contributed by atoms with E-state index in [1.165, 1.54) is 0 Å². The number of nitrogens with one attached hydrogen (secondary N) is 1. The Morgan fingerprint density at radius 3 is 2.90 bits per heavy atom. The van der Waals surface area contributed by atoms with Gasteiger partial charge in [-0.3, -0.25) is 4.98 Å². The fourth-order valence-electron chi connectivity index (χ4n) is 3.04. The summed E-state index contributed by atoms with van der Waals surface area (Å²) in [4.78, 5) is 8.85. The maximum Gasteiger partial charge on any atom is 0.233 e. The maximum absolute atomic E-state index is 6.16. The van der Waals surface area contributed by atoms with Crippen LogP contribution < -0.4 is 5.32 Å². The van der Waals surface area contributed by atoms with Crippen LogP contribution in [0.1, 0.15) is 38.5 Å². The molecule has 6 heteroatoms. The smallest absolute Gasteiger partial charge is 0.233 e. The summed E-state index contributed by atoms with van der Waals surface area (Å²) in [6.07, 6.45) is 5.90. The van der Waals surface area contributed by atoms with Gasteiger partial charge in [0.05, 0.1) is 10.4 Å². The van der Waals surface area contributed by atoms with E-state index in [1.54, 1.807) is 18.3 Å². The molecule has 21 heavy (non-hydrogen) atoms. The van der Waals surface area contributed by atoms with Crippen LogP contribution in [-0.2, 0) is 5.41 Å². The average molecular weight is 307 g/mol. The molecule has 0 unspecified atom stereocenters. The van der Waals surface area contributed by atoms with Crippen LogP contribution in [0.25, 0.3) is 11.5 Å². The molecule has 2 aromatic rings. The first kappa shape index (κ1) is 14.5. The van der Waals surface area contributed by atoms with Gasteiger partial charge in [-0.2, -0.15) is 4.98 Å². The van der Waals surface area contributed by atoms with Gasteiger partial charge in [0.2, 0.25) is 11.7 Å². The van der Waals surface area contributed by atoms with Crippen LogP contribution in [0, 0.1) is 0 Å². The molecule has 0 saturated carbocycles. The molecular formula is C15H19ClN4O. The van der Waals surface area contributed by atoms with Crippen molar-refractivity contribution in [3.63, 3.8) is 0 Å². The largest absolute Gasteiger partial charge is 0.338 e. The van der Waals surface area contributed by atoms with Crippen molar-refractivity contribution in [1.82, 2.24) is 20.4 Å². The Morgan fingerprint density at radius 1 is 1.38 bits per heavy atom. The van der Waals surface area contributed by atoms with Crippen LogP contribution in [0.2, 0.25) is 5.02 Å². The van der Waals surface area contributed by atoms with Crippen molar-refractivity contribution in [1.29, 1.82) is 0 Å². The monoisotopic (exact) mass is 306 g/mol. The van der Waals surface area contributed by atoms with E-state index in [0.717, 1.165) is 44.7 Å². The average Bonchev–Trinajstić information content (AvgIpc) is 2.99. The summed E-state index contributed by atoms with van der Waals surface area (Å²) in [6.45, 7) is 4.17. The molecule has 0 radical (unpaired) electrons. The fraction of sp³-hybridized carbons (Fsp3) is 0.533. The van der Waals surface area contributed by atoms with E-state index in [-0.39, 0.29) is 5.41 Å². The lowest BCUT2D eigenvalue weighted by Gasteiger charge is -2.34. The highest BCUT2D eigenvalue weighted by Crippen LogP contribution is 2.37. The highest BCUT2D eigenvalue weighted by atomic mass is 35.5. The van der Waals surface area contributed by atoms with E-state index in [2.05, 4.69) is 27.4 Å². The van der Waals surface area contributed by atoms with E-state index in [9.17, 15) is 0 Å². The molecule has 1 fully saturated rings. The molecule has 3 rings (SSSR count). The minimum atomic E-state index is -0.00743. The van der Waals surface area contributed by atoms with Crippen molar-refractivity contribution in [2.24, 2.45) is 0 Å². The summed E-state index contributed by atoms with van der Waals surface area (Å²) in [5, 5.41) is 8.03. The molecule has 112 valence electrons. The number of nitrogens with zero attached hydrogens (tertiary/aromatic N) is 3. The highest BCUT2D eigenvalue weighted by molar-refractivity contribution is 6.32. The molecule has 0 amide bonds. The summed E-state index contributed by atoms with van der Waals surface area (Å²) < 4.78 is 5.58. The van der Waals surface area contributed by atoms with E-state index in [4.69, 9.17) is 16.1 Å². The van der Waals surface area contributed by atoms with Crippen molar-refractivity contribution in [2.45, 2.75) is 38.0 Å². The zero-order valence-corrected chi connectivity index (χ0v) is 12.9. The summed E-state index contributed by atoms with van der Waals surface area (Å²) in [5.41, 5.74) is 0.571. The van der Waals surface area contributed by atoms with E-state index in [0.29, 0.717) is 16.5 Å². The number of rotatable bonds is 4. The Hall–Kier alpha value is -1.46. The van der Waals surface area contributed by atoms with Crippen LogP contribution in [0.3, 0.4) is 0 Å². The summed E-state index contributed by atoms with van der Waals surface area (Å²) >= 11 is 6.16. The topological polar surface area (TPSA) is 63.8 Å². The molecule has 1 aliphatic rings. The number of hydrogen-bond donors (Lipinski definition) is 1. The van der Waals surface area contributed by atoms with Crippen LogP contribution >= 0.6 is 11.6 Å². The first-order chi connectivity index (χ1) is 10.2. The fourth-order valence-corrected chi connectivity index (χ4v) is 3.25. The second kappa shape index (κ2) is 6.12. The van der Waals surface area contributed by atoms with Gasteiger partial charge in [-0.05, 0) is 44.5 Å². The molecule has 1 aliphatic heterocycles. The Morgan fingerprint density at radius 2 is 2.19 bits per heavy atom. The van der Waals surface area contributed by atoms with Crippen molar-refractivity contribution >= 4 is 11.6 Å². The van der Waals surface area contributed by atoms with Crippen LogP contribution in [0.4, 0.5) is 0 Å². The van der Waals surface area contributed by atoms with Gasteiger partial charge in [-0.15, -0.1) is 0 Å². The molecule has 0 bridgehead atoms. The van der Waals surface area contributed by atoms with Gasteiger partial charge in [0, 0.05) is 6.20 Å². The third-order valence-corrected chi connectivity index (χ3v) is 4.44. The van der Waals surface area contributed by atoms with Gasteiger partial charge in [-0.1, -0.05) is 30.1 Å². The second-order valence-corrected chi connectivity index (χ2v) is 5.94. The summed E-state index contributed by atoms with van der Waals surface area (Å²) in [5.74, 6) is 1.20. The van der Waals surface area contributed by atoms with E-state index < -0.39 is 0 Å². The van der Waals surface area contributed by atoms with E-state index in [1.807, 2.05) is 0 Å².